The molecule has 0 aromatic carbocycles. The van der Waals surface area contributed by atoms with E-state index in [4.69, 9.17) is 0 Å². The van der Waals surface area contributed by atoms with Gasteiger partial charge in [-0.3, -0.25) is 4.74 Å². The summed E-state index contributed by atoms with van der Waals surface area (Å²) in [7, 11) is 0. The van der Waals surface area contributed by atoms with E-state index in [9.17, 15) is 57.1 Å². The molecule has 0 rings (SSSR count). The molecule has 23 heavy (non-hydrogen) atoms. The van der Waals surface area contributed by atoms with Gasteiger partial charge in [0.1, 0.15) is 0 Å². The summed E-state index contributed by atoms with van der Waals surface area (Å²) >= 11 is 0. The second-order valence-electron chi connectivity index (χ2n) is 3.73. The monoisotopic (exact) mass is 380 g/mol. The molecule has 2 nitrogen and oxygen atoms in total. The maximum Gasteiger partial charge on any atom is 0.462 e. The Kier molecular flexibility index (Phi) is 5.57. The van der Waals surface area contributed by atoms with E-state index in [0.29, 0.717) is 6.92 Å². The van der Waals surface area contributed by atoms with E-state index in [2.05, 4.69) is 4.74 Å². The third kappa shape index (κ3) is 3.75. The molecule has 0 bridgehead atoms. The molecule has 0 heterocycles. The molecular weight excluding hydrogens is 375 g/mol. The molecule has 0 aromatic heterocycles. The highest BCUT2D eigenvalue weighted by Gasteiger charge is 2.83. The third-order valence-electron chi connectivity index (χ3n) is 2.05. The van der Waals surface area contributed by atoms with Crippen LogP contribution >= 0.6 is 0 Å². The number of hydrogen-bond acceptors (Lipinski definition) is 2. The molecule has 0 aliphatic carbocycles. The largest absolute Gasteiger partial charge is 0.462 e. The average molecular weight is 380 g/mol. The lowest BCUT2D eigenvalue weighted by Crippen LogP contribution is -2.65. The number of hydrogen-bond donors (Lipinski definition) is 0. The SMILES string of the molecule is CCOC(F)(F)C(F)(OC(F)(F)C(F)(F)C(F)(F)F)C(F)(F)F. The summed E-state index contributed by atoms with van der Waals surface area (Å²) in [5, 5.41) is 0. The van der Waals surface area contributed by atoms with Crippen molar-refractivity contribution in [2.45, 2.75) is 43.3 Å². The van der Waals surface area contributed by atoms with Gasteiger partial charge in [0, 0.05) is 0 Å². The zero-order valence-electron chi connectivity index (χ0n) is 10.4. The van der Waals surface area contributed by atoms with Crippen molar-refractivity contribution in [1.82, 2.24) is 0 Å². The van der Waals surface area contributed by atoms with Crippen molar-refractivity contribution >= 4 is 0 Å². The lowest BCUT2D eigenvalue weighted by molar-refractivity contribution is -0.533. The van der Waals surface area contributed by atoms with Gasteiger partial charge in [0.15, 0.2) is 0 Å². The fourth-order valence-electron chi connectivity index (χ4n) is 0.962. The summed E-state index contributed by atoms with van der Waals surface area (Å²) in [5.41, 5.74) is 0. The highest BCUT2D eigenvalue weighted by molar-refractivity contribution is 4.93. The number of alkyl halides is 13. The summed E-state index contributed by atoms with van der Waals surface area (Å²) in [5.74, 6) is -14.4. The molecule has 0 aromatic rings. The Bertz CT molecular complexity index is 411. The summed E-state index contributed by atoms with van der Waals surface area (Å²) < 4.78 is 165. The summed E-state index contributed by atoms with van der Waals surface area (Å²) in [6, 6.07) is 0. The van der Waals surface area contributed by atoms with Crippen molar-refractivity contribution in [3.8, 4) is 0 Å². The Hall–Kier alpha value is -0.990. The Morgan fingerprint density at radius 3 is 1.26 bits per heavy atom. The Labute approximate surface area is 118 Å². The minimum atomic E-state index is -7.41. The van der Waals surface area contributed by atoms with Crippen LogP contribution in [0.5, 0.6) is 0 Å². The molecule has 0 aliphatic heterocycles. The first kappa shape index (κ1) is 22.0. The van der Waals surface area contributed by atoms with Crippen LogP contribution in [0, 0.1) is 0 Å². The molecule has 0 saturated carbocycles. The van der Waals surface area contributed by atoms with E-state index < -0.39 is 43.0 Å². The predicted molar refractivity (Wildman–Crippen MR) is 43.5 cm³/mol. The predicted octanol–water partition coefficient (Wildman–Crippen LogP) is 4.65. The lowest BCUT2D eigenvalue weighted by Gasteiger charge is -2.37. The maximum atomic E-state index is 13.3. The van der Waals surface area contributed by atoms with Crippen molar-refractivity contribution in [3.63, 3.8) is 0 Å². The van der Waals surface area contributed by atoms with Gasteiger partial charge in [-0.25, -0.2) is 0 Å². The van der Waals surface area contributed by atoms with Crippen LogP contribution in [0.1, 0.15) is 6.92 Å². The van der Waals surface area contributed by atoms with E-state index in [1.165, 1.54) is 0 Å². The van der Waals surface area contributed by atoms with Crippen LogP contribution in [-0.2, 0) is 9.47 Å². The molecular formula is C8H5F13O2. The van der Waals surface area contributed by atoms with Gasteiger partial charge in [0.2, 0.25) is 0 Å². The Balaban J connectivity index is 6.03. The standard InChI is InChI=1S/C8H5F13O2/c1-2-22-8(20,21)4(11,6(15,16)17)23-7(18,19)3(9,10)5(12,13)14/h2H2,1H3. The zero-order valence-corrected chi connectivity index (χ0v) is 10.4. The molecule has 15 heteroatoms. The second kappa shape index (κ2) is 5.82. The van der Waals surface area contributed by atoms with Gasteiger partial charge in [-0.1, -0.05) is 0 Å². The van der Waals surface area contributed by atoms with Crippen LogP contribution in [0.2, 0.25) is 0 Å². The van der Waals surface area contributed by atoms with Crippen LogP contribution in [0.15, 0.2) is 0 Å². The van der Waals surface area contributed by atoms with Gasteiger partial charge in [-0.2, -0.15) is 57.1 Å². The summed E-state index contributed by atoms with van der Waals surface area (Å²) in [6.07, 6.45) is -28.1. The van der Waals surface area contributed by atoms with Crippen molar-refractivity contribution in [2.24, 2.45) is 0 Å². The number of halogens is 13. The van der Waals surface area contributed by atoms with Crippen LogP contribution in [0.4, 0.5) is 57.1 Å². The Morgan fingerprint density at radius 1 is 0.609 bits per heavy atom. The summed E-state index contributed by atoms with van der Waals surface area (Å²) in [4.78, 5) is 0. The molecule has 0 spiro atoms. The van der Waals surface area contributed by atoms with Gasteiger partial charge in [-0.05, 0) is 6.92 Å². The number of rotatable bonds is 6. The Morgan fingerprint density at radius 2 is 1.00 bits per heavy atom. The first-order valence-electron chi connectivity index (χ1n) is 5.06. The molecule has 0 fully saturated rings. The third-order valence-corrected chi connectivity index (χ3v) is 2.05. The molecule has 0 N–H and O–H groups in total. The zero-order chi connectivity index (χ0) is 19.1. The van der Waals surface area contributed by atoms with Crippen molar-refractivity contribution in [1.29, 1.82) is 0 Å². The molecule has 1 atom stereocenters. The quantitative estimate of drug-likeness (QED) is 0.625. The van der Waals surface area contributed by atoms with E-state index in [0.717, 1.165) is 0 Å². The van der Waals surface area contributed by atoms with Gasteiger partial charge in [0.05, 0.1) is 6.61 Å². The first-order chi connectivity index (χ1) is 9.77. The lowest BCUT2D eigenvalue weighted by atomic mass is 10.2. The van der Waals surface area contributed by atoms with Gasteiger partial charge in [0.25, 0.3) is 0 Å². The van der Waals surface area contributed by atoms with E-state index in [1.54, 1.807) is 4.74 Å². The van der Waals surface area contributed by atoms with E-state index >= 15 is 0 Å². The van der Waals surface area contributed by atoms with Crippen LogP contribution < -0.4 is 0 Å². The fraction of sp³-hybridized carbons (Fsp3) is 1.00. The second-order valence-corrected chi connectivity index (χ2v) is 3.73. The topological polar surface area (TPSA) is 18.5 Å². The van der Waals surface area contributed by atoms with E-state index in [1.807, 2.05) is 0 Å². The maximum absolute atomic E-state index is 13.3. The van der Waals surface area contributed by atoms with Crippen molar-refractivity contribution in [3.05, 3.63) is 0 Å². The molecule has 1 unspecified atom stereocenters. The van der Waals surface area contributed by atoms with Gasteiger partial charge in [-0.15, -0.1) is 0 Å². The highest BCUT2D eigenvalue weighted by atomic mass is 19.4. The molecule has 140 valence electrons. The molecule has 0 aliphatic rings. The van der Waals surface area contributed by atoms with E-state index in [-0.39, 0.29) is 0 Å². The molecule has 0 amide bonds. The minimum absolute atomic E-state index is 0.521. The summed E-state index contributed by atoms with van der Waals surface area (Å²) in [6.45, 7) is -0.938. The average Bonchev–Trinajstić information content (AvgIpc) is 2.24. The van der Waals surface area contributed by atoms with Crippen molar-refractivity contribution < 1.29 is 66.5 Å². The van der Waals surface area contributed by atoms with Gasteiger partial charge < -0.3 is 4.74 Å². The van der Waals surface area contributed by atoms with Crippen LogP contribution in [0.3, 0.4) is 0 Å². The fourth-order valence-corrected chi connectivity index (χ4v) is 0.962. The minimum Gasteiger partial charge on any atom is -0.316 e. The van der Waals surface area contributed by atoms with Crippen LogP contribution in [-0.4, -0.2) is 43.0 Å². The first-order valence-corrected chi connectivity index (χ1v) is 5.06. The van der Waals surface area contributed by atoms with Crippen LogP contribution in [0.25, 0.3) is 0 Å². The molecule has 0 saturated heterocycles. The molecule has 0 radical (unpaired) electrons. The van der Waals surface area contributed by atoms with Crippen molar-refractivity contribution in [2.75, 3.05) is 6.61 Å². The normalized spacial score (nSPS) is 18.0. The smallest absolute Gasteiger partial charge is 0.316 e. The highest BCUT2D eigenvalue weighted by Crippen LogP contribution is 2.54. The van der Waals surface area contributed by atoms with Gasteiger partial charge >= 0.3 is 36.3 Å². The number of ether oxygens (including phenoxy) is 2.